The van der Waals surface area contributed by atoms with E-state index in [1.807, 2.05) is 25.2 Å². The van der Waals surface area contributed by atoms with Gasteiger partial charge in [-0.15, -0.1) is 12.4 Å². The Morgan fingerprint density at radius 2 is 2.05 bits per heavy atom. The average molecular weight is 344 g/mol. The zero-order chi connectivity index (χ0) is 15.2. The quantitative estimate of drug-likeness (QED) is 0.791. The van der Waals surface area contributed by atoms with Crippen LogP contribution in [0.5, 0.6) is 0 Å². The van der Waals surface area contributed by atoms with Crippen LogP contribution in [0.4, 0.5) is 0 Å². The molecule has 1 aromatic heterocycles. The van der Waals surface area contributed by atoms with Crippen molar-refractivity contribution in [2.75, 3.05) is 20.1 Å². The molecular formula is C15H19Cl2N3O2. The molecule has 0 aliphatic rings. The van der Waals surface area contributed by atoms with Crippen molar-refractivity contribution in [3.05, 3.63) is 40.6 Å². The minimum Gasteiger partial charge on any atom is -0.360 e. The summed E-state index contributed by atoms with van der Waals surface area (Å²) in [7, 11) is 1.88. The van der Waals surface area contributed by atoms with Crippen molar-refractivity contribution in [1.29, 1.82) is 0 Å². The number of nitrogens with zero attached hydrogens (tertiary/aromatic N) is 1. The molecule has 0 radical (unpaired) electrons. The molecule has 0 atom stereocenters. The molecule has 1 amide bonds. The number of aromatic nitrogens is 1. The molecular weight excluding hydrogens is 325 g/mol. The minimum atomic E-state index is -0.195. The van der Waals surface area contributed by atoms with Gasteiger partial charge in [0, 0.05) is 12.1 Å². The molecule has 0 unspecified atom stereocenters. The molecule has 2 N–H and O–H groups in total. The Morgan fingerprint density at radius 1 is 1.32 bits per heavy atom. The number of rotatable bonds is 6. The average Bonchev–Trinajstić information content (AvgIpc) is 2.85. The summed E-state index contributed by atoms with van der Waals surface area (Å²) in [6, 6.07) is 7.25. The fraction of sp³-hybridized carbons (Fsp3) is 0.333. The highest BCUT2D eigenvalue weighted by Gasteiger charge is 2.22. The van der Waals surface area contributed by atoms with Crippen LogP contribution in [-0.2, 0) is 0 Å². The van der Waals surface area contributed by atoms with Gasteiger partial charge >= 0.3 is 0 Å². The molecule has 0 saturated heterocycles. The summed E-state index contributed by atoms with van der Waals surface area (Å²) >= 11 is 6.17. The lowest BCUT2D eigenvalue weighted by molar-refractivity contribution is 0.0952. The van der Waals surface area contributed by atoms with Crippen LogP contribution in [0.3, 0.4) is 0 Å². The van der Waals surface area contributed by atoms with Crippen molar-refractivity contribution in [3.8, 4) is 11.3 Å². The van der Waals surface area contributed by atoms with Gasteiger partial charge in [0.2, 0.25) is 0 Å². The Kier molecular flexibility index (Phi) is 7.38. The van der Waals surface area contributed by atoms with E-state index in [0.717, 1.165) is 13.0 Å². The molecule has 120 valence electrons. The minimum absolute atomic E-state index is 0. The molecule has 0 aliphatic heterocycles. The largest absolute Gasteiger partial charge is 0.360 e. The fourth-order valence-corrected chi connectivity index (χ4v) is 2.26. The molecule has 2 aromatic rings. The second-order valence-electron chi connectivity index (χ2n) is 4.66. The predicted molar refractivity (Wildman–Crippen MR) is 89.8 cm³/mol. The number of nitrogens with one attached hydrogen (secondary N) is 2. The Labute approximate surface area is 140 Å². The maximum absolute atomic E-state index is 12.3. The lowest BCUT2D eigenvalue weighted by Crippen LogP contribution is -2.27. The van der Waals surface area contributed by atoms with E-state index in [9.17, 15) is 4.79 Å². The second kappa shape index (κ2) is 8.78. The summed E-state index contributed by atoms with van der Waals surface area (Å²) in [5.41, 5.74) is 1.60. The number of benzene rings is 1. The highest BCUT2D eigenvalue weighted by atomic mass is 35.5. The second-order valence-corrected chi connectivity index (χ2v) is 5.06. The first-order valence-electron chi connectivity index (χ1n) is 6.79. The Balaban J connectivity index is 0.00000242. The molecule has 7 heteroatoms. The molecule has 2 rings (SSSR count). The zero-order valence-electron chi connectivity index (χ0n) is 12.5. The third-order valence-electron chi connectivity index (χ3n) is 3.11. The maximum atomic E-state index is 12.3. The van der Waals surface area contributed by atoms with E-state index in [4.69, 9.17) is 16.1 Å². The highest BCUT2D eigenvalue weighted by molar-refractivity contribution is 6.33. The smallest absolute Gasteiger partial charge is 0.257 e. The van der Waals surface area contributed by atoms with E-state index in [1.165, 1.54) is 0 Å². The SMILES string of the molecule is CNCCCNC(=O)c1c(-c2ccccc2Cl)noc1C.Cl. The third kappa shape index (κ3) is 4.22. The van der Waals surface area contributed by atoms with Gasteiger partial charge in [-0.3, -0.25) is 4.79 Å². The summed E-state index contributed by atoms with van der Waals surface area (Å²) in [4.78, 5) is 12.3. The summed E-state index contributed by atoms with van der Waals surface area (Å²) < 4.78 is 5.17. The molecule has 1 heterocycles. The van der Waals surface area contributed by atoms with Crippen LogP contribution >= 0.6 is 24.0 Å². The van der Waals surface area contributed by atoms with Crippen molar-refractivity contribution in [2.24, 2.45) is 0 Å². The number of halogens is 2. The van der Waals surface area contributed by atoms with Gasteiger partial charge in [-0.05, 0) is 33.0 Å². The monoisotopic (exact) mass is 343 g/mol. The van der Waals surface area contributed by atoms with Crippen LogP contribution in [0.1, 0.15) is 22.5 Å². The van der Waals surface area contributed by atoms with Crippen LogP contribution in [-0.4, -0.2) is 31.2 Å². The number of hydrogen-bond acceptors (Lipinski definition) is 4. The number of amides is 1. The molecule has 0 saturated carbocycles. The summed E-state index contributed by atoms with van der Waals surface area (Å²) in [6.07, 6.45) is 0.855. The van der Waals surface area contributed by atoms with Gasteiger partial charge in [-0.1, -0.05) is 35.0 Å². The Morgan fingerprint density at radius 3 is 2.73 bits per heavy atom. The zero-order valence-corrected chi connectivity index (χ0v) is 14.1. The van der Waals surface area contributed by atoms with Crippen LogP contribution < -0.4 is 10.6 Å². The highest BCUT2D eigenvalue weighted by Crippen LogP contribution is 2.30. The Hall–Kier alpha value is -1.56. The fourth-order valence-electron chi connectivity index (χ4n) is 2.03. The standard InChI is InChI=1S/C15H18ClN3O2.ClH/c1-10-13(15(20)18-9-5-8-17-2)14(19-21-10)11-6-3-4-7-12(11)16;/h3-4,6-7,17H,5,8-9H2,1-2H3,(H,18,20);1H. The molecule has 5 nitrogen and oxygen atoms in total. The number of carbonyl (C=O) groups excluding carboxylic acids is 1. The van der Waals surface area contributed by atoms with E-state index >= 15 is 0 Å². The Bertz CT molecular complexity index is 629. The normalized spacial score (nSPS) is 10.1. The van der Waals surface area contributed by atoms with Gasteiger partial charge in [0.05, 0.1) is 5.02 Å². The van der Waals surface area contributed by atoms with E-state index in [2.05, 4.69) is 15.8 Å². The first kappa shape index (κ1) is 18.5. The topological polar surface area (TPSA) is 67.2 Å². The summed E-state index contributed by atoms with van der Waals surface area (Å²) in [5.74, 6) is 0.288. The molecule has 0 fully saturated rings. The van der Waals surface area contributed by atoms with E-state index in [-0.39, 0.29) is 18.3 Å². The van der Waals surface area contributed by atoms with Gasteiger partial charge in [-0.25, -0.2) is 0 Å². The van der Waals surface area contributed by atoms with E-state index in [0.29, 0.717) is 34.1 Å². The molecule has 22 heavy (non-hydrogen) atoms. The van der Waals surface area contributed by atoms with Crippen LogP contribution in [0.15, 0.2) is 28.8 Å². The maximum Gasteiger partial charge on any atom is 0.257 e. The van der Waals surface area contributed by atoms with Gasteiger partial charge in [0.15, 0.2) is 0 Å². The van der Waals surface area contributed by atoms with E-state index < -0.39 is 0 Å². The number of aryl methyl sites for hydroxylation is 1. The van der Waals surface area contributed by atoms with E-state index in [1.54, 1.807) is 13.0 Å². The van der Waals surface area contributed by atoms with Gasteiger partial charge < -0.3 is 15.2 Å². The van der Waals surface area contributed by atoms with Gasteiger partial charge in [0.25, 0.3) is 5.91 Å². The molecule has 0 bridgehead atoms. The van der Waals surface area contributed by atoms with Gasteiger partial charge in [0.1, 0.15) is 17.0 Å². The van der Waals surface area contributed by atoms with Crippen LogP contribution in [0.25, 0.3) is 11.3 Å². The summed E-state index contributed by atoms with van der Waals surface area (Å²) in [5, 5.41) is 10.4. The lowest BCUT2D eigenvalue weighted by atomic mass is 10.1. The van der Waals surface area contributed by atoms with Crippen LogP contribution in [0, 0.1) is 6.92 Å². The lowest BCUT2D eigenvalue weighted by Gasteiger charge is -2.06. The summed E-state index contributed by atoms with van der Waals surface area (Å²) in [6.45, 7) is 3.16. The predicted octanol–water partition coefficient (Wildman–Crippen LogP) is 3.06. The number of hydrogen-bond donors (Lipinski definition) is 2. The molecule has 0 spiro atoms. The van der Waals surface area contributed by atoms with Gasteiger partial charge in [-0.2, -0.15) is 0 Å². The van der Waals surface area contributed by atoms with Crippen molar-refractivity contribution < 1.29 is 9.32 Å². The van der Waals surface area contributed by atoms with Crippen molar-refractivity contribution in [2.45, 2.75) is 13.3 Å². The van der Waals surface area contributed by atoms with Crippen LogP contribution in [0.2, 0.25) is 5.02 Å². The van der Waals surface area contributed by atoms with Crippen molar-refractivity contribution >= 4 is 29.9 Å². The molecule has 1 aromatic carbocycles. The first-order valence-corrected chi connectivity index (χ1v) is 7.17. The molecule has 0 aliphatic carbocycles. The first-order chi connectivity index (χ1) is 10.1. The van der Waals surface area contributed by atoms with Crippen molar-refractivity contribution in [3.63, 3.8) is 0 Å². The van der Waals surface area contributed by atoms with Crippen molar-refractivity contribution in [1.82, 2.24) is 15.8 Å². The third-order valence-corrected chi connectivity index (χ3v) is 3.44. The number of carbonyl (C=O) groups is 1.